The number of Topliss-reactive ketones (excluding diaryl/α,β-unsaturated/α-hetero) is 1. The van der Waals surface area contributed by atoms with Crippen molar-refractivity contribution in [2.24, 2.45) is 5.92 Å². The zero-order valence-corrected chi connectivity index (χ0v) is 18.0. The molecular weight excluding hydrogens is 386 g/mol. The number of esters is 1. The number of aromatic nitrogens is 1. The number of nitrogens with zero attached hydrogens (tertiary/aromatic N) is 1. The van der Waals surface area contributed by atoms with E-state index in [2.05, 4.69) is 54.8 Å². The molecule has 0 bridgehead atoms. The zero-order valence-electron chi connectivity index (χ0n) is 18.0. The van der Waals surface area contributed by atoms with Crippen LogP contribution in [-0.4, -0.2) is 22.9 Å². The molecule has 0 unspecified atom stereocenters. The Morgan fingerprint density at radius 1 is 0.871 bits per heavy atom. The normalized spacial score (nSPS) is 11.3. The Balaban J connectivity index is 1.64. The average Bonchev–Trinajstić information content (AvgIpc) is 3.10. The summed E-state index contributed by atoms with van der Waals surface area (Å²) in [5, 5.41) is 2.05. The highest BCUT2D eigenvalue weighted by molar-refractivity contribution is 6.41. The van der Waals surface area contributed by atoms with Crippen molar-refractivity contribution >= 4 is 33.6 Å². The van der Waals surface area contributed by atoms with Crippen molar-refractivity contribution in [1.29, 1.82) is 0 Å². The standard InChI is InChI=1S/C27H27NO3/c1-19(2)15-17-31-27(30)26(29)21-12-13-25-23(18-21)22-10-6-7-11-24(22)28(25)16-14-20-8-4-3-5-9-20/h3-13,18-19H,14-17H2,1-2H3. The van der Waals surface area contributed by atoms with E-state index in [1.807, 2.05) is 30.3 Å². The molecule has 0 saturated heterocycles. The third-order valence-corrected chi connectivity index (χ3v) is 5.62. The predicted molar refractivity (Wildman–Crippen MR) is 124 cm³/mol. The van der Waals surface area contributed by atoms with Gasteiger partial charge in [0.05, 0.1) is 6.61 Å². The highest BCUT2D eigenvalue weighted by Crippen LogP contribution is 2.30. The van der Waals surface area contributed by atoms with Crippen LogP contribution >= 0.6 is 0 Å². The molecule has 31 heavy (non-hydrogen) atoms. The predicted octanol–water partition coefficient (Wildman–Crippen LogP) is 5.81. The van der Waals surface area contributed by atoms with E-state index in [9.17, 15) is 9.59 Å². The molecule has 0 amide bonds. The first-order valence-corrected chi connectivity index (χ1v) is 10.8. The Morgan fingerprint density at radius 2 is 1.58 bits per heavy atom. The smallest absolute Gasteiger partial charge is 0.379 e. The molecule has 3 aromatic carbocycles. The number of para-hydroxylation sites is 1. The zero-order chi connectivity index (χ0) is 21.8. The van der Waals surface area contributed by atoms with E-state index >= 15 is 0 Å². The van der Waals surface area contributed by atoms with Crippen LogP contribution < -0.4 is 0 Å². The van der Waals surface area contributed by atoms with Crippen LogP contribution in [0.25, 0.3) is 21.8 Å². The molecule has 0 N–H and O–H groups in total. The van der Waals surface area contributed by atoms with Crippen molar-refractivity contribution in [3.8, 4) is 0 Å². The van der Waals surface area contributed by atoms with E-state index in [4.69, 9.17) is 4.74 Å². The fourth-order valence-corrected chi connectivity index (χ4v) is 3.89. The van der Waals surface area contributed by atoms with Gasteiger partial charge in [-0.1, -0.05) is 62.4 Å². The van der Waals surface area contributed by atoms with Crippen molar-refractivity contribution in [3.63, 3.8) is 0 Å². The van der Waals surface area contributed by atoms with Crippen molar-refractivity contribution < 1.29 is 14.3 Å². The van der Waals surface area contributed by atoms with Crippen LogP contribution in [0.5, 0.6) is 0 Å². The number of rotatable bonds is 8. The first-order chi connectivity index (χ1) is 15.0. The van der Waals surface area contributed by atoms with E-state index in [-0.39, 0.29) is 6.61 Å². The van der Waals surface area contributed by atoms with Gasteiger partial charge in [0.1, 0.15) is 0 Å². The lowest BCUT2D eigenvalue weighted by molar-refractivity contribution is -0.138. The second-order valence-electron chi connectivity index (χ2n) is 8.28. The molecular formula is C27H27NO3. The van der Waals surface area contributed by atoms with Crippen molar-refractivity contribution in [2.75, 3.05) is 6.61 Å². The van der Waals surface area contributed by atoms with Crippen LogP contribution in [0.3, 0.4) is 0 Å². The van der Waals surface area contributed by atoms with Gasteiger partial charge in [-0.05, 0) is 48.6 Å². The second-order valence-corrected chi connectivity index (χ2v) is 8.28. The van der Waals surface area contributed by atoms with Crippen LogP contribution in [0.4, 0.5) is 0 Å². The van der Waals surface area contributed by atoms with Gasteiger partial charge >= 0.3 is 5.97 Å². The molecule has 0 aliphatic heterocycles. The lowest BCUT2D eigenvalue weighted by Gasteiger charge is -2.08. The second kappa shape index (κ2) is 9.17. The number of carbonyl (C=O) groups is 2. The van der Waals surface area contributed by atoms with Gasteiger partial charge < -0.3 is 9.30 Å². The summed E-state index contributed by atoms with van der Waals surface area (Å²) in [7, 11) is 0. The highest BCUT2D eigenvalue weighted by atomic mass is 16.5. The van der Waals surface area contributed by atoms with Crippen LogP contribution in [0, 0.1) is 5.92 Å². The molecule has 4 rings (SSSR count). The molecule has 0 saturated carbocycles. The number of benzene rings is 3. The molecule has 0 aliphatic carbocycles. The SMILES string of the molecule is CC(C)CCOC(=O)C(=O)c1ccc2c(c1)c1ccccc1n2CCc1ccccc1. The maximum absolute atomic E-state index is 12.6. The Bertz CT molecular complexity index is 1220. The summed E-state index contributed by atoms with van der Waals surface area (Å²) in [5.74, 6) is -0.958. The lowest BCUT2D eigenvalue weighted by atomic mass is 10.1. The number of hydrogen-bond acceptors (Lipinski definition) is 3. The molecule has 4 heteroatoms. The summed E-state index contributed by atoms with van der Waals surface area (Å²) >= 11 is 0. The molecule has 0 radical (unpaired) electrons. The number of hydrogen-bond donors (Lipinski definition) is 0. The minimum atomic E-state index is -0.784. The Labute approximate surface area is 182 Å². The number of aryl methyl sites for hydroxylation is 2. The minimum absolute atomic E-state index is 0.267. The van der Waals surface area contributed by atoms with Crippen LogP contribution in [0.1, 0.15) is 36.2 Å². The first-order valence-electron chi connectivity index (χ1n) is 10.8. The Morgan fingerprint density at radius 3 is 2.35 bits per heavy atom. The van der Waals surface area contributed by atoms with Crippen LogP contribution in [-0.2, 0) is 22.5 Å². The fourth-order valence-electron chi connectivity index (χ4n) is 3.89. The number of carbonyl (C=O) groups excluding carboxylic acids is 2. The number of ketones is 1. The van der Waals surface area contributed by atoms with Crippen molar-refractivity contribution in [2.45, 2.75) is 33.2 Å². The molecule has 1 heterocycles. The summed E-state index contributed by atoms with van der Waals surface area (Å²) in [6, 6.07) is 24.1. The quantitative estimate of drug-likeness (QED) is 0.208. The Kier molecular flexibility index (Phi) is 6.17. The van der Waals surface area contributed by atoms with Gasteiger partial charge in [-0.15, -0.1) is 0 Å². The monoisotopic (exact) mass is 413 g/mol. The maximum Gasteiger partial charge on any atom is 0.379 e. The van der Waals surface area contributed by atoms with Crippen LogP contribution in [0.2, 0.25) is 0 Å². The number of ether oxygens (including phenoxy) is 1. The molecule has 0 spiro atoms. The topological polar surface area (TPSA) is 48.3 Å². The fraction of sp³-hybridized carbons (Fsp3) is 0.259. The van der Waals surface area contributed by atoms with Crippen LogP contribution in [0.15, 0.2) is 72.8 Å². The van der Waals surface area contributed by atoms with Crippen molar-refractivity contribution in [3.05, 3.63) is 83.9 Å². The molecule has 4 aromatic rings. The third-order valence-electron chi connectivity index (χ3n) is 5.62. The third kappa shape index (κ3) is 4.53. The minimum Gasteiger partial charge on any atom is -0.460 e. The summed E-state index contributed by atoms with van der Waals surface area (Å²) in [6.45, 7) is 5.20. The average molecular weight is 414 g/mol. The van der Waals surface area contributed by atoms with Gasteiger partial charge in [0.25, 0.3) is 5.78 Å². The van der Waals surface area contributed by atoms with E-state index in [0.29, 0.717) is 11.5 Å². The lowest BCUT2D eigenvalue weighted by Crippen LogP contribution is -2.18. The van der Waals surface area contributed by atoms with Gasteiger partial charge in [0.2, 0.25) is 0 Å². The molecule has 0 fully saturated rings. The highest BCUT2D eigenvalue weighted by Gasteiger charge is 2.20. The largest absolute Gasteiger partial charge is 0.460 e. The van der Waals surface area contributed by atoms with Gasteiger partial charge in [-0.2, -0.15) is 0 Å². The van der Waals surface area contributed by atoms with Gasteiger partial charge in [0, 0.05) is 33.9 Å². The summed E-state index contributed by atoms with van der Waals surface area (Å²) in [5.41, 5.74) is 3.83. The van der Waals surface area contributed by atoms with Gasteiger partial charge in [0.15, 0.2) is 0 Å². The summed E-state index contributed by atoms with van der Waals surface area (Å²) in [4.78, 5) is 24.8. The first kappa shape index (κ1) is 20.9. The Hall–Kier alpha value is -3.40. The van der Waals surface area contributed by atoms with E-state index in [1.165, 1.54) is 5.56 Å². The van der Waals surface area contributed by atoms with Crippen molar-refractivity contribution in [1.82, 2.24) is 4.57 Å². The molecule has 0 atom stereocenters. The number of fused-ring (bicyclic) bond motifs is 3. The molecule has 1 aromatic heterocycles. The van der Waals surface area contributed by atoms with E-state index < -0.39 is 11.8 Å². The molecule has 0 aliphatic rings. The summed E-state index contributed by atoms with van der Waals surface area (Å²) in [6.07, 6.45) is 1.66. The molecule has 4 nitrogen and oxygen atoms in total. The van der Waals surface area contributed by atoms with Gasteiger partial charge in [-0.25, -0.2) is 4.79 Å². The van der Waals surface area contributed by atoms with Gasteiger partial charge in [-0.3, -0.25) is 4.79 Å². The van der Waals surface area contributed by atoms with E-state index in [0.717, 1.165) is 41.2 Å². The maximum atomic E-state index is 12.6. The van der Waals surface area contributed by atoms with E-state index in [1.54, 1.807) is 6.07 Å². The summed E-state index contributed by atoms with van der Waals surface area (Å²) < 4.78 is 7.45. The molecule has 158 valence electrons.